The van der Waals surface area contributed by atoms with Crippen LogP contribution in [0.15, 0.2) is 4.99 Å². The molecule has 0 aromatic heterocycles. The normalized spacial score (nSPS) is 11.9. The molecule has 0 spiro atoms. The van der Waals surface area contributed by atoms with Gasteiger partial charge in [0, 0.05) is 20.1 Å². The minimum Gasteiger partial charge on any atom is -0.354 e. The van der Waals surface area contributed by atoms with E-state index in [1.165, 1.54) is 0 Å². The van der Waals surface area contributed by atoms with Gasteiger partial charge in [-0.2, -0.15) is 0 Å². The molecular formula is C7H19N5. The summed E-state index contributed by atoms with van der Waals surface area (Å²) in [5.41, 5.74) is 2.46. The lowest BCUT2D eigenvalue weighted by Gasteiger charge is -2.14. The number of aliphatic imine (C=N–C) groups is 1. The van der Waals surface area contributed by atoms with Gasteiger partial charge in [0.2, 0.25) is 5.96 Å². The molecule has 0 bridgehead atoms. The first-order valence-corrected chi connectivity index (χ1v) is 4.10. The molecule has 4 N–H and O–H groups in total. The number of likely N-dealkylation sites (N-methyl/N-ethyl adjacent to an activating group) is 1. The van der Waals surface area contributed by atoms with Crippen LogP contribution in [0.5, 0.6) is 0 Å². The predicted octanol–water partition coefficient (Wildman–Crippen LogP) is -1.02. The molecule has 0 saturated heterocycles. The molecule has 0 aromatic carbocycles. The van der Waals surface area contributed by atoms with Crippen molar-refractivity contribution in [2.45, 2.75) is 6.92 Å². The average Bonchev–Trinajstić information content (AvgIpc) is 2.12. The molecule has 0 fully saturated rings. The van der Waals surface area contributed by atoms with Crippen LogP contribution < -0.4 is 16.6 Å². The third kappa shape index (κ3) is 4.92. The van der Waals surface area contributed by atoms with Gasteiger partial charge in [-0.3, -0.25) is 10.4 Å². The van der Waals surface area contributed by atoms with Crippen LogP contribution in [-0.4, -0.2) is 44.6 Å². The maximum absolute atomic E-state index is 5.18. The quantitative estimate of drug-likeness (QED) is 0.220. The summed E-state index contributed by atoms with van der Waals surface area (Å²) in [6, 6.07) is 0. The van der Waals surface area contributed by atoms with Crippen LogP contribution in [0.3, 0.4) is 0 Å². The standard InChI is InChI=1S/C7H19N5/c1-4-12(3)6-5-10-7(9-2)11-8/h4-6,8H2,1-3H3,(H2,9,10,11). The number of nitrogens with two attached hydrogens (primary N) is 1. The molecule has 0 atom stereocenters. The van der Waals surface area contributed by atoms with Gasteiger partial charge in [0.05, 0.1) is 0 Å². The van der Waals surface area contributed by atoms with Crippen LogP contribution in [0.25, 0.3) is 0 Å². The molecule has 5 heteroatoms. The van der Waals surface area contributed by atoms with E-state index in [1.807, 2.05) is 0 Å². The minimum absolute atomic E-state index is 0.625. The van der Waals surface area contributed by atoms with E-state index in [0.717, 1.165) is 19.6 Å². The molecule has 0 rings (SSSR count). The first kappa shape index (κ1) is 11.2. The van der Waals surface area contributed by atoms with Gasteiger partial charge in [-0.25, -0.2) is 5.84 Å². The monoisotopic (exact) mass is 173 g/mol. The first-order valence-electron chi connectivity index (χ1n) is 4.10. The molecule has 0 amide bonds. The zero-order valence-corrected chi connectivity index (χ0v) is 8.09. The van der Waals surface area contributed by atoms with Crippen molar-refractivity contribution in [1.82, 2.24) is 15.6 Å². The summed E-state index contributed by atoms with van der Waals surface area (Å²) in [6.45, 7) is 5.00. The highest BCUT2D eigenvalue weighted by molar-refractivity contribution is 5.78. The lowest BCUT2D eigenvalue weighted by Crippen LogP contribution is -2.44. The van der Waals surface area contributed by atoms with E-state index >= 15 is 0 Å². The largest absolute Gasteiger partial charge is 0.354 e. The molecule has 0 heterocycles. The number of nitrogens with one attached hydrogen (secondary N) is 2. The number of nitrogens with zero attached hydrogens (tertiary/aromatic N) is 2. The van der Waals surface area contributed by atoms with Crippen molar-refractivity contribution in [3.05, 3.63) is 0 Å². The molecule has 0 aromatic rings. The van der Waals surface area contributed by atoms with Crippen molar-refractivity contribution in [3.63, 3.8) is 0 Å². The second-order valence-electron chi connectivity index (χ2n) is 2.54. The number of hydrazine groups is 1. The SMILES string of the molecule is CCN(C)CCNC(=NC)NN. The second-order valence-corrected chi connectivity index (χ2v) is 2.54. The number of hydrogen-bond donors (Lipinski definition) is 3. The predicted molar refractivity (Wildman–Crippen MR) is 51.9 cm³/mol. The summed E-state index contributed by atoms with van der Waals surface area (Å²) in [5.74, 6) is 5.80. The van der Waals surface area contributed by atoms with Crippen LogP contribution in [0.4, 0.5) is 0 Å². The smallest absolute Gasteiger partial charge is 0.205 e. The third-order valence-electron chi connectivity index (χ3n) is 1.69. The molecule has 0 unspecified atom stereocenters. The summed E-state index contributed by atoms with van der Waals surface area (Å²) in [7, 11) is 3.76. The Bertz CT molecular complexity index is 134. The highest BCUT2D eigenvalue weighted by Gasteiger charge is 1.95. The fourth-order valence-electron chi connectivity index (χ4n) is 0.718. The van der Waals surface area contributed by atoms with Crippen LogP contribution >= 0.6 is 0 Å². The van der Waals surface area contributed by atoms with E-state index in [9.17, 15) is 0 Å². The summed E-state index contributed by atoms with van der Waals surface area (Å²) in [5, 5.41) is 3.06. The van der Waals surface area contributed by atoms with Crippen molar-refractivity contribution >= 4 is 5.96 Å². The fourth-order valence-corrected chi connectivity index (χ4v) is 0.718. The summed E-state index contributed by atoms with van der Waals surface area (Å²) in [6.07, 6.45) is 0. The minimum atomic E-state index is 0.625. The lowest BCUT2D eigenvalue weighted by molar-refractivity contribution is 0.357. The summed E-state index contributed by atoms with van der Waals surface area (Å²) in [4.78, 5) is 6.09. The maximum atomic E-state index is 5.18. The molecule has 0 saturated carbocycles. The van der Waals surface area contributed by atoms with Gasteiger partial charge >= 0.3 is 0 Å². The molecule has 72 valence electrons. The Morgan fingerprint density at radius 2 is 2.25 bits per heavy atom. The Morgan fingerprint density at radius 3 is 2.67 bits per heavy atom. The third-order valence-corrected chi connectivity index (χ3v) is 1.69. The van der Waals surface area contributed by atoms with E-state index < -0.39 is 0 Å². The molecule has 0 radical (unpaired) electrons. The van der Waals surface area contributed by atoms with E-state index in [-0.39, 0.29) is 0 Å². The average molecular weight is 173 g/mol. The van der Waals surface area contributed by atoms with Crippen molar-refractivity contribution in [1.29, 1.82) is 0 Å². The summed E-state index contributed by atoms with van der Waals surface area (Å²) >= 11 is 0. The van der Waals surface area contributed by atoms with Gasteiger partial charge < -0.3 is 10.2 Å². The van der Waals surface area contributed by atoms with Crippen molar-refractivity contribution in [2.75, 3.05) is 33.7 Å². The molecular weight excluding hydrogens is 154 g/mol. The number of guanidine groups is 1. The first-order chi connectivity index (χ1) is 5.74. The molecule has 0 aliphatic carbocycles. The van der Waals surface area contributed by atoms with E-state index in [2.05, 4.69) is 34.6 Å². The Labute approximate surface area is 74.0 Å². The second kappa shape index (κ2) is 6.87. The maximum Gasteiger partial charge on any atom is 0.205 e. The molecule has 0 aliphatic heterocycles. The Hall–Kier alpha value is -0.810. The van der Waals surface area contributed by atoms with Crippen LogP contribution in [0, 0.1) is 0 Å². The van der Waals surface area contributed by atoms with Gasteiger partial charge in [-0.15, -0.1) is 0 Å². The van der Waals surface area contributed by atoms with Crippen molar-refractivity contribution < 1.29 is 0 Å². The molecule has 12 heavy (non-hydrogen) atoms. The number of hydrogen-bond acceptors (Lipinski definition) is 3. The zero-order valence-electron chi connectivity index (χ0n) is 8.09. The van der Waals surface area contributed by atoms with Gasteiger partial charge in [0.15, 0.2) is 0 Å². The van der Waals surface area contributed by atoms with Gasteiger partial charge in [0.25, 0.3) is 0 Å². The van der Waals surface area contributed by atoms with E-state index in [1.54, 1.807) is 7.05 Å². The highest BCUT2D eigenvalue weighted by Crippen LogP contribution is 1.77. The Morgan fingerprint density at radius 1 is 1.58 bits per heavy atom. The van der Waals surface area contributed by atoms with Crippen LogP contribution in [0.1, 0.15) is 6.92 Å². The molecule has 5 nitrogen and oxygen atoms in total. The van der Waals surface area contributed by atoms with Crippen LogP contribution in [0.2, 0.25) is 0 Å². The lowest BCUT2D eigenvalue weighted by atomic mass is 10.5. The fraction of sp³-hybridized carbons (Fsp3) is 0.857. The van der Waals surface area contributed by atoms with Crippen molar-refractivity contribution in [3.8, 4) is 0 Å². The van der Waals surface area contributed by atoms with E-state index in [4.69, 9.17) is 5.84 Å². The van der Waals surface area contributed by atoms with Gasteiger partial charge in [-0.1, -0.05) is 6.92 Å². The molecule has 0 aliphatic rings. The van der Waals surface area contributed by atoms with Crippen molar-refractivity contribution in [2.24, 2.45) is 10.8 Å². The van der Waals surface area contributed by atoms with E-state index in [0.29, 0.717) is 5.96 Å². The highest BCUT2D eigenvalue weighted by atomic mass is 15.3. The van der Waals surface area contributed by atoms with Gasteiger partial charge in [0.1, 0.15) is 0 Å². The zero-order chi connectivity index (χ0) is 9.40. The topological polar surface area (TPSA) is 65.7 Å². The number of rotatable bonds is 4. The van der Waals surface area contributed by atoms with Gasteiger partial charge in [-0.05, 0) is 13.6 Å². The van der Waals surface area contributed by atoms with Crippen LogP contribution in [-0.2, 0) is 0 Å². The Kier molecular flexibility index (Phi) is 6.41. The Balaban J connectivity index is 3.42. The summed E-state index contributed by atoms with van der Waals surface area (Å²) < 4.78 is 0.